The smallest absolute Gasteiger partial charge is 0.342 e. The zero-order chi connectivity index (χ0) is 41.3. The first-order valence-electron chi connectivity index (χ1n) is 20.7. The van der Waals surface area contributed by atoms with E-state index in [0.717, 1.165) is 20.3 Å². The number of carbonyl (C=O) groups excluding carboxylic acids is 4. The molecule has 0 amide bonds. The SMILES string of the molecule is CC[C@@H](C)C(=O)O[C@H]1[C@H](O)[C@H]2[C@@H](CN3C[C@@H](C)CC[C@H]3[C@@]2(C)O)[C@@H]2C[C@]34O[C@]5(O)[C@@H](OC(=O)[C@](C)(O)[C@@H](C)OC(C)=O)CC[C@@]3(C)[C@@H]5C[C@@H](OC(C)=O)[C@H]4[C@@]21O. The van der Waals surface area contributed by atoms with Crippen molar-refractivity contribution in [2.45, 2.75) is 172 Å². The van der Waals surface area contributed by atoms with Gasteiger partial charge in [-0.05, 0) is 83.5 Å². The van der Waals surface area contributed by atoms with E-state index in [4.69, 9.17) is 23.7 Å². The van der Waals surface area contributed by atoms with Gasteiger partial charge in [-0.2, -0.15) is 0 Å². The van der Waals surface area contributed by atoms with Gasteiger partial charge < -0.3 is 49.2 Å². The Bertz CT molecular complexity index is 1620. The molecule has 316 valence electrons. The van der Waals surface area contributed by atoms with E-state index in [1.54, 1.807) is 13.8 Å². The van der Waals surface area contributed by atoms with Gasteiger partial charge in [-0.3, -0.25) is 19.3 Å². The first kappa shape index (κ1) is 41.7. The number of hydrogen-bond acceptors (Lipinski definition) is 15. The average Bonchev–Trinajstić information content (AvgIpc) is 3.37. The van der Waals surface area contributed by atoms with Crippen LogP contribution in [0.1, 0.15) is 107 Å². The van der Waals surface area contributed by atoms with Crippen LogP contribution < -0.4 is 0 Å². The van der Waals surface area contributed by atoms with E-state index in [1.807, 2.05) is 13.8 Å². The maximum atomic E-state index is 13.7. The topological polar surface area (TPSA) is 219 Å². The van der Waals surface area contributed by atoms with Crippen molar-refractivity contribution in [2.75, 3.05) is 13.1 Å². The van der Waals surface area contributed by atoms with Crippen LogP contribution >= 0.6 is 0 Å². The van der Waals surface area contributed by atoms with Crippen molar-refractivity contribution >= 4 is 23.9 Å². The summed E-state index contributed by atoms with van der Waals surface area (Å²) in [5.41, 5.74) is -8.17. The Morgan fingerprint density at radius 3 is 2.29 bits per heavy atom. The van der Waals surface area contributed by atoms with Crippen LogP contribution in [-0.4, -0.2) is 132 Å². The Balaban J connectivity index is 1.35. The second kappa shape index (κ2) is 13.6. The average molecular weight is 794 g/mol. The van der Waals surface area contributed by atoms with Gasteiger partial charge in [0, 0.05) is 50.2 Å². The maximum Gasteiger partial charge on any atom is 0.342 e. The molecule has 0 aromatic carbocycles. The van der Waals surface area contributed by atoms with Crippen LogP contribution in [0, 0.1) is 46.8 Å². The van der Waals surface area contributed by atoms with Crippen molar-refractivity contribution < 1.29 is 68.4 Å². The molecular weight excluding hydrogens is 730 g/mol. The lowest BCUT2D eigenvalue weighted by Gasteiger charge is -2.64. The van der Waals surface area contributed by atoms with Gasteiger partial charge in [-0.15, -0.1) is 0 Å². The Hall–Kier alpha value is -2.40. The van der Waals surface area contributed by atoms with Crippen LogP contribution in [0.5, 0.6) is 0 Å². The molecule has 3 aliphatic heterocycles. The van der Waals surface area contributed by atoms with E-state index in [1.165, 1.54) is 13.8 Å². The molecule has 0 aromatic rings. The van der Waals surface area contributed by atoms with Crippen LogP contribution in [0.4, 0.5) is 0 Å². The fourth-order valence-corrected chi connectivity index (χ4v) is 13.1. The highest BCUT2D eigenvalue weighted by molar-refractivity contribution is 5.80. The van der Waals surface area contributed by atoms with E-state index in [2.05, 4.69) is 11.8 Å². The molecule has 3 heterocycles. The number of esters is 4. The number of aliphatic hydroxyl groups excluding tert-OH is 1. The molecule has 56 heavy (non-hydrogen) atoms. The summed E-state index contributed by atoms with van der Waals surface area (Å²) in [6.45, 7) is 15.4. The Kier molecular flexibility index (Phi) is 10.1. The first-order chi connectivity index (χ1) is 25.9. The molecule has 15 heteroatoms. The summed E-state index contributed by atoms with van der Waals surface area (Å²) in [6, 6.07) is -0.275. The normalized spacial score (nSPS) is 49.8. The number of rotatable bonds is 8. The summed E-state index contributed by atoms with van der Waals surface area (Å²) < 4.78 is 30.3. The van der Waals surface area contributed by atoms with Crippen molar-refractivity contribution in [3.8, 4) is 0 Å². The Morgan fingerprint density at radius 1 is 0.982 bits per heavy atom. The van der Waals surface area contributed by atoms with Gasteiger partial charge in [-0.1, -0.05) is 27.7 Å². The van der Waals surface area contributed by atoms with Gasteiger partial charge in [0.1, 0.15) is 17.8 Å². The Morgan fingerprint density at radius 2 is 1.66 bits per heavy atom. The summed E-state index contributed by atoms with van der Waals surface area (Å²) >= 11 is 0. The summed E-state index contributed by atoms with van der Waals surface area (Å²) in [5.74, 6) is -9.57. The lowest BCUT2D eigenvalue weighted by Crippen LogP contribution is -2.77. The zero-order valence-corrected chi connectivity index (χ0v) is 34.2. The zero-order valence-electron chi connectivity index (χ0n) is 34.2. The number of piperidine rings is 2. The van der Waals surface area contributed by atoms with Crippen LogP contribution in [0.2, 0.25) is 0 Å². The number of nitrogens with zero attached hydrogens (tertiary/aromatic N) is 1. The first-order valence-corrected chi connectivity index (χ1v) is 20.7. The molecule has 0 unspecified atom stereocenters. The number of aliphatic hydroxyl groups is 5. The van der Waals surface area contributed by atoms with Crippen LogP contribution in [-0.2, 0) is 42.9 Å². The van der Waals surface area contributed by atoms with Gasteiger partial charge in [0.25, 0.3) is 0 Å². The van der Waals surface area contributed by atoms with Crippen molar-refractivity contribution in [3.63, 3.8) is 0 Å². The second-order valence-electron chi connectivity index (χ2n) is 19.3. The van der Waals surface area contributed by atoms with E-state index < -0.39 is 124 Å². The molecule has 7 aliphatic rings. The number of fused-ring (bicyclic) bond motifs is 5. The Labute approximate surface area is 328 Å². The summed E-state index contributed by atoms with van der Waals surface area (Å²) in [5, 5.41) is 62.8. The van der Waals surface area contributed by atoms with Gasteiger partial charge in [-0.25, -0.2) is 4.79 Å². The molecule has 3 saturated heterocycles. The summed E-state index contributed by atoms with van der Waals surface area (Å²) in [7, 11) is 0. The fourth-order valence-electron chi connectivity index (χ4n) is 13.1. The van der Waals surface area contributed by atoms with Crippen molar-refractivity contribution in [1.29, 1.82) is 0 Å². The predicted octanol–water partition coefficient (Wildman–Crippen LogP) is 1.61. The molecule has 7 fully saturated rings. The molecule has 0 aromatic heterocycles. The third kappa shape index (κ3) is 5.67. The van der Waals surface area contributed by atoms with E-state index in [0.29, 0.717) is 38.3 Å². The molecular formula is C41H63NO14. The van der Waals surface area contributed by atoms with E-state index >= 15 is 0 Å². The molecule has 15 nitrogen and oxygen atoms in total. The number of ether oxygens (including phenoxy) is 5. The highest BCUT2D eigenvalue weighted by Crippen LogP contribution is 2.77. The van der Waals surface area contributed by atoms with Crippen molar-refractivity contribution in [1.82, 2.24) is 4.90 Å². The van der Waals surface area contributed by atoms with Crippen LogP contribution in [0.3, 0.4) is 0 Å². The summed E-state index contributed by atoms with van der Waals surface area (Å²) in [4.78, 5) is 54.2. The molecule has 7 rings (SSSR count). The molecule has 4 saturated carbocycles. The third-order valence-corrected chi connectivity index (χ3v) is 16.1. The molecule has 4 bridgehead atoms. The molecule has 19 atom stereocenters. The molecule has 1 spiro atoms. The minimum atomic E-state index is -2.28. The van der Waals surface area contributed by atoms with Gasteiger partial charge in [0.05, 0.1) is 29.1 Å². The van der Waals surface area contributed by atoms with Gasteiger partial charge in [0.2, 0.25) is 5.79 Å². The molecule has 5 N–H and O–H groups in total. The highest BCUT2D eigenvalue weighted by Gasteiger charge is 2.88. The lowest BCUT2D eigenvalue weighted by molar-refractivity contribution is -0.301. The largest absolute Gasteiger partial charge is 0.462 e. The predicted molar refractivity (Wildman–Crippen MR) is 195 cm³/mol. The van der Waals surface area contributed by atoms with Gasteiger partial charge >= 0.3 is 23.9 Å². The fraction of sp³-hybridized carbons (Fsp3) is 0.902. The van der Waals surface area contributed by atoms with Crippen LogP contribution in [0.25, 0.3) is 0 Å². The molecule has 4 aliphatic carbocycles. The van der Waals surface area contributed by atoms with E-state index in [9.17, 15) is 44.7 Å². The van der Waals surface area contributed by atoms with Crippen LogP contribution in [0.15, 0.2) is 0 Å². The third-order valence-electron chi connectivity index (χ3n) is 16.1. The summed E-state index contributed by atoms with van der Waals surface area (Å²) in [6.07, 6.45) is -4.21. The standard InChI is InChI=1S/C41H63NO14/c1-10-20(3)34(46)55-33-31(45)30-24(18-42-17-19(2)11-12-28(42)38(30,9)49)25-16-39-32(40(25,33)50)26(53-23(6)44)15-27-36(39,7)14-13-29(41(27,51)56-39)54-35(47)37(8,48)21(4)52-22(5)43/h19-21,24-33,45,48-51H,10-18H2,1-9H3/t19-,20+,21+,24-,25-,26+,27-,28-,29-,30+,31+,32+,33-,36-,37+,38+,39+,40-,41-/m0/s1. The minimum Gasteiger partial charge on any atom is -0.462 e. The highest BCUT2D eigenvalue weighted by atomic mass is 16.7. The number of hydrogen-bond donors (Lipinski definition) is 5. The minimum absolute atomic E-state index is 0.0258. The molecule has 0 radical (unpaired) electrons. The van der Waals surface area contributed by atoms with Crippen molar-refractivity contribution in [3.05, 3.63) is 0 Å². The van der Waals surface area contributed by atoms with E-state index in [-0.39, 0.29) is 25.3 Å². The number of carbonyl (C=O) groups is 4. The van der Waals surface area contributed by atoms with Crippen molar-refractivity contribution in [2.24, 2.45) is 46.8 Å². The quantitative estimate of drug-likeness (QED) is 0.174. The monoisotopic (exact) mass is 793 g/mol. The maximum absolute atomic E-state index is 13.7. The second-order valence-corrected chi connectivity index (χ2v) is 19.3. The van der Waals surface area contributed by atoms with Gasteiger partial charge in [0.15, 0.2) is 17.8 Å². The lowest BCUT2D eigenvalue weighted by atomic mass is 9.49.